The summed E-state index contributed by atoms with van der Waals surface area (Å²) in [4.78, 5) is 25.6. The van der Waals surface area contributed by atoms with Crippen LogP contribution in [0.25, 0.3) is 0 Å². The Morgan fingerprint density at radius 1 is 1.05 bits per heavy atom. The molecule has 0 aromatic heterocycles. The molecule has 0 radical (unpaired) electrons. The van der Waals surface area contributed by atoms with Gasteiger partial charge in [0.2, 0.25) is 0 Å². The lowest BCUT2D eigenvalue weighted by Gasteiger charge is -2.23. The number of nitrogens with zero attached hydrogens (tertiary/aromatic N) is 1. The quantitative estimate of drug-likeness (QED) is 0.415. The van der Waals surface area contributed by atoms with E-state index in [0.717, 1.165) is 3.57 Å². The van der Waals surface area contributed by atoms with Gasteiger partial charge in [-0.25, -0.2) is 4.79 Å². The molecule has 0 aliphatic rings. The molecule has 0 aliphatic heterocycles. The average molecular weight is 629 g/mol. The number of carboxylic acids is 1. The van der Waals surface area contributed by atoms with Crippen LogP contribution in [0.4, 0.5) is 0 Å². The van der Waals surface area contributed by atoms with Crippen LogP contribution in [-0.4, -0.2) is 48.1 Å². The van der Waals surface area contributed by atoms with Gasteiger partial charge < -0.3 is 21.5 Å². The molecular formula is C12H14I3N3O3. The summed E-state index contributed by atoms with van der Waals surface area (Å²) >= 11 is 5.92. The van der Waals surface area contributed by atoms with Gasteiger partial charge in [0, 0.05) is 36.9 Å². The van der Waals surface area contributed by atoms with E-state index >= 15 is 0 Å². The van der Waals surface area contributed by atoms with Gasteiger partial charge in [0.1, 0.15) is 0 Å². The van der Waals surface area contributed by atoms with Crippen molar-refractivity contribution in [2.24, 2.45) is 11.5 Å². The number of hydrogen-bond acceptors (Lipinski definition) is 4. The molecule has 0 saturated heterocycles. The van der Waals surface area contributed by atoms with Crippen LogP contribution >= 0.6 is 67.8 Å². The molecule has 0 aliphatic carbocycles. The Bertz CT molecular complexity index is 560. The minimum Gasteiger partial charge on any atom is -0.478 e. The minimum atomic E-state index is -1.04. The lowest BCUT2D eigenvalue weighted by atomic mass is 10.1. The number of carbonyl (C=O) groups excluding carboxylic acids is 1. The Balaban J connectivity index is 3.38. The van der Waals surface area contributed by atoms with Crippen molar-refractivity contribution in [1.82, 2.24) is 4.90 Å². The fraction of sp³-hybridized carbons (Fsp3) is 0.333. The maximum absolute atomic E-state index is 12.7. The molecule has 1 amide bonds. The van der Waals surface area contributed by atoms with E-state index in [9.17, 15) is 14.7 Å². The first-order valence-electron chi connectivity index (χ1n) is 5.95. The molecule has 0 unspecified atom stereocenters. The van der Waals surface area contributed by atoms with Gasteiger partial charge in [-0.15, -0.1) is 0 Å². The first-order chi connectivity index (χ1) is 9.84. The van der Waals surface area contributed by atoms with Crippen molar-refractivity contribution >= 4 is 79.6 Å². The van der Waals surface area contributed by atoms with E-state index in [-0.39, 0.29) is 11.5 Å². The Kier molecular flexibility index (Phi) is 8.08. The van der Waals surface area contributed by atoms with Gasteiger partial charge in [0.15, 0.2) is 0 Å². The molecule has 6 nitrogen and oxygen atoms in total. The Labute approximate surface area is 163 Å². The second-order valence-corrected chi connectivity index (χ2v) is 7.48. The summed E-state index contributed by atoms with van der Waals surface area (Å²) in [7, 11) is 0. The summed E-state index contributed by atoms with van der Waals surface area (Å²) in [6, 6.07) is 1.70. The van der Waals surface area contributed by atoms with Gasteiger partial charge in [-0.3, -0.25) is 4.79 Å². The summed E-state index contributed by atoms with van der Waals surface area (Å²) in [5.74, 6) is -1.28. The van der Waals surface area contributed by atoms with Crippen molar-refractivity contribution in [3.05, 3.63) is 27.9 Å². The molecule has 1 aromatic rings. The highest BCUT2D eigenvalue weighted by Crippen LogP contribution is 2.28. The topological polar surface area (TPSA) is 110 Å². The molecule has 0 bridgehead atoms. The van der Waals surface area contributed by atoms with Crippen LogP contribution in [0, 0.1) is 10.7 Å². The standard InChI is InChI=1S/C12H14I3N3O3/c13-6-5-7(14)9(12(20)21)10(15)8(6)11(19)18(3-1-16)4-2-17/h5H,1-4,16-17H2,(H,20,21). The van der Waals surface area contributed by atoms with Crippen LogP contribution in [-0.2, 0) is 0 Å². The lowest BCUT2D eigenvalue weighted by molar-refractivity contribution is 0.0694. The van der Waals surface area contributed by atoms with Crippen LogP contribution in [0.5, 0.6) is 0 Å². The normalized spacial score (nSPS) is 10.5. The lowest BCUT2D eigenvalue weighted by Crippen LogP contribution is -2.39. The fourth-order valence-electron chi connectivity index (χ4n) is 1.77. The maximum atomic E-state index is 12.7. The van der Waals surface area contributed by atoms with E-state index in [1.54, 1.807) is 11.0 Å². The average Bonchev–Trinajstić information content (AvgIpc) is 2.37. The van der Waals surface area contributed by atoms with Gasteiger partial charge in [-0.05, 0) is 73.8 Å². The van der Waals surface area contributed by atoms with Crippen molar-refractivity contribution in [1.29, 1.82) is 0 Å². The highest BCUT2D eigenvalue weighted by atomic mass is 127. The van der Waals surface area contributed by atoms with E-state index in [2.05, 4.69) is 0 Å². The van der Waals surface area contributed by atoms with Crippen molar-refractivity contribution in [2.45, 2.75) is 0 Å². The highest BCUT2D eigenvalue weighted by Gasteiger charge is 2.26. The van der Waals surface area contributed by atoms with Crippen molar-refractivity contribution in [2.75, 3.05) is 26.2 Å². The number of halogens is 3. The van der Waals surface area contributed by atoms with Crippen LogP contribution in [0.1, 0.15) is 20.7 Å². The van der Waals surface area contributed by atoms with Crippen LogP contribution in [0.2, 0.25) is 0 Å². The molecule has 0 heterocycles. The van der Waals surface area contributed by atoms with Gasteiger partial charge in [-0.2, -0.15) is 0 Å². The van der Waals surface area contributed by atoms with Gasteiger partial charge >= 0.3 is 5.97 Å². The number of carbonyl (C=O) groups is 2. The molecule has 5 N–H and O–H groups in total. The van der Waals surface area contributed by atoms with Gasteiger partial charge in [-0.1, -0.05) is 0 Å². The zero-order valence-corrected chi connectivity index (χ0v) is 17.4. The molecule has 0 atom stereocenters. The number of carboxylic acid groups (broad SMARTS) is 1. The summed E-state index contributed by atoms with van der Waals surface area (Å²) in [5.41, 5.74) is 11.6. The summed E-state index contributed by atoms with van der Waals surface area (Å²) < 4.78 is 1.77. The largest absolute Gasteiger partial charge is 0.478 e. The molecule has 1 aromatic carbocycles. The van der Waals surface area contributed by atoms with E-state index in [1.807, 2.05) is 67.8 Å². The molecule has 1 rings (SSSR count). The summed E-state index contributed by atoms with van der Waals surface area (Å²) in [6.45, 7) is 1.43. The third kappa shape index (κ3) is 4.62. The number of hydrogen-bond donors (Lipinski definition) is 3. The van der Waals surface area contributed by atoms with Gasteiger partial charge in [0.05, 0.1) is 11.1 Å². The maximum Gasteiger partial charge on any atom is 0.337 e. The molecule has 116 valence electrons. The first-order valence-corrected chi connectivity index (χ1v) is 9.18. The van der Waals surface area contributed by atoms with E-state index in [0.29, 0.717) is 38.9 Å². The summed E-state index contributed by atoms with van der Waals surface area (Å²) in [5, 5.41) is 9.31. The second kappa shape index (κ2) is 8.79. The number of nitrogens with two attached hydrogens (primary N) is 2. The second-order valence-electron chi connectivity index (χ2n) is 4.08. The highest BCUT2D eigenvalue weighted by molar-refractivity contribution is 14.1. The molecule has 0 spiro atoms. The van der Waals surface area contributed by atoms with Crippen LogP contribution in [0.15, 0.2) is 6.07 Å². The third-order valence-electron chi connectivity index (χ3n) is 2.68. The van der Waals surface area contributed by atoms with Gasteiger partial charge in [0.25, 0.3) is 5.91 Å². The molecule has 0 saturated carbocycles. The number of amides is 1. The molecule has 21 heavy (non-hydrogen) atoms. The number of benzene rings is 1. The monoisotopic (exact) mass is 629 g/mol. The fourth-order valence-corrected chi connectivity index (χ4v) is 6.06. The SMILES string of the molecule is NCCN(CCN)C(=O)c1c(I)cc(I)c(C(=O)O)c1I. The van der Waals surface area contributed by atoms with Crippen LogP contribution < -0.4 is 11.5 Å². The molecule has 9 heteroatoms. The predicted octanol–water partition coefficient (Wildman–Crippen LogP) is 1.56. The Morgan fingerprint density at radius 2 is 1.52 bits per heavy atom. The number of rotatable bonds is 6. The Hall–Kier alpha value is 0.270. The first kappa shape index (κ1) is 19.3. The van der Waals surface area contributed by atoms with Crippen molar-refractivity contribution < 1.29 is 14.7 Å². The van der Waals surface area contributed by atoms with E-state index < -0.39 is 5.97 Å². The zero-order valence-electron chi connectivity index (χ0n) is 10.9. The van der Waals surface area contributed by atoms with Crippen molar-refractivity contribution in [3.63, 3.8) is 0 Å². The van der Waals surface area contributed by atoms with E-state index in [1.165, 1.54) is 0 Å². The number of aromatic carboxylic acids is 1. The minimum absolute atomic E-state index is 0.153. The molecule has 0 fully saturated rings. The summed E-state index contributed by atoms with van der Waals surface area (Å²) in [6.07, 6.45) is 0. The third-order valence-corrected chi connectivity index (χ3v) is 5.46. The van der Waals surface area contributed by atoms with Crippen LogP contribution in [0.3, 0.4) is 0 Å². The smallest absolute Gasteiger partial charge is 0.337 e. The molecular weight excluding hydrogens is 615 g/mol. The zero-order chi connectivity index (χ0) is 16.2. The predicted molar refractivity (Wildman–Crippen MR) is 106 cm³/mol. The van der Waals surface area contributed by atoms with E-state index in [4.69, 9.17) is 11.5 Å². The Morgan fingerprint density at radius 3 is 1.95 bits per heavy atom. The van der Waals surface area contributed by atoms with Crippen molar-refractivity contribution in [3.8, 4) is 0 Å².